The zero-order valence-corrected chi connectivity index (χ0v) is 16.3. The molecule has 2 aliphatic heterocycles. The highest BCUT2D eigenvalue weighted by Gasteiger charge is 2.35. The second-order valence-electron chi connectivity index (χ2n) is 7.84. The van der Waals surface area contributed by atoms with E-state index >= 15 is 0 Å². The Bertz CT molecular complexity index is 757. The molecule has 2 saturated heterocycles. The number of amides is 1. The van der Waals surface area contributed by atoms with E-state index in [0.29, 0.717) is 38.3 Å². The van der Waals surface area contributed by atoms with Crippen LogP contribution in [0.4, 0.5) is 0 Å². The molecule has 6 nitrogen and oxygen atoms in total. The number of hydrogen-bond acceptors (Lipinski definition) is 4. The summed E-state index contributed by atoms with van der Waals surface area (Å²) in [5.41, 5.74) is 6.21. The summed E-state index contributed by atoms with van der Waals surface area (Å²) in [5, 5.41) is 0. The highest BCUT2D eigenvalue weighted by molar-refractivity contribution is 7.89. The first kappa shape index (κ1) is 19.3. The Kier molecular flexibility index (Phi) is 5.69. The van der Waals surface area contributed by atoms with Crippen LogP contribution in [0.2, 0.25) is 0 Å². The maximum absolute atomic E-state index is 13.0. The van der Waals surface area contributed by atoms with Gasteiger partial charge in [0.05, 0.1) is 4.90 Å². The number of sulfonamides is 1. The van der Waals surface area contributed by atoms with Gasteiger partial charge in [0.1, 0.15) is 0 Å². The van der Waals surface area contributed by atoms with Crippen LogP contribution in [0.5, 0.6) is 0 Å². The second-order valence-corrected chi connectivity index (χ2v) is 9.78. The summed E-state index contributed by atoms with van der Waals surface area (Å²) in [6.07, 6.45) is 4.80. The summed E-state index contributed by atoms with van der Waals surface area (Å²) in [6.45, 7) is 5.02. The topological polar surface area (TPSA) is 83.7 Å². The molecule has 0 saturated carbocycles. The molecule has 0 aromatic heterocycles. The van der Waals surface area contributed by atoms with Crippen molar-refractivity contribution in [3.05, 3.63) is 29.8 Å². The van der Waals surface area contributed by atoms with Crippen LogP contribution in [-0.2, 0) is 10.0 Å². The van der Waals surface area contributed by atoms with Gasteiger partial charge in [-0.1, -0.05) is 25.8 Å². The number of likely N-dealkylation sites (tertiary alicyclic amines) is 1. The Morgan fingerprint density at radius 2 is 1.85 bits per heavy atom. The van der Waals surface area contributed by atoms with E-state index in [-0.39, 0.29) is 16.2 Å². The number of nitrogens with zero attached hydrogens (tertiary/aromatic N) is 2. The van der Waals surface area contributed by atoms with Crippen LogP contribution in [0.25, 0.3) is 0 Å². The molecule has 1 amide bonds. The van der Waals surface area contributed by atoms with Crippen LogP contribution < -0.4 is 5.73 Å². The van der Waals surface area contributed by atoms with Crippen molar-refractivity contribution >= 4 is 15.9 Å². The van der Waals surface area contributed by atoms with E-state index in [4.69, 9.17) is 5.73 Å². The summed E-state index contributed by atoms with van der Waals surface area (Å²) in [7, 11) is -3.55. The number of benzene rings is 1. The van der Waals surface area contributed by atoms with Crippen LogP contribution in [0.1, 0.15) is 49.4 Å². The normalized spacial score (nSPS) is 25.2. The average Bonchev–Trinajstić information content (AvgIpc) is 2.86. The second kappa shape index (κ2) is 7.66. The Morgan fingerprint density at radius 1 is 1.15 bits per heavy atom. The van der Waals surface area contributed by atoms with E-state index in [0.717, 1.165) is 32.1 Å². The first-order chi connectivity index (χ1) is 12.4. The van der Waals surface area contributed by atoms with Gasteiger partial charge >= 0.3 is 0 Å². The predicted octanol–water partition coefficient (Wildman–Crippen LogP) is 2.06. The maximum Gasteiger partial charge on any atom is 0.253 e. The minimum atomic E-state index is -3.55. The summed E-state index contributed by atoms with van der Waals surface area (Å²) in [6, 6.07) is 6.48. The SMILES string of the molecule is CC1(CN)CCN(C(=O)c2cccc(S(=O)(=O)N3CCCCCC3)c2)C1. The Balaban J connectivity index is 1.80. The molecule has 2 aliphatic rings. The minimum absolute atomic E-state index is 0.0502. The molecule has 1 unspecified atom stereocenters. The van der Waals surface area contributed by atoms with Crippen molar-refractivity contribution in [2.75, 3.05) is 32.7 Å². The lowest BCUT2D eigenvalue weighted by Crippen LogP contribution is -2.35. The van der Waals surface area contributed by atoms with Gasteiger partial charge in [-0.2, -0.15) is 4.31 Å². The molecule has 7 heteroatoms. The van der Waals surface area contributed by atoms with Crippen molar-refractivity contribution in [3.63, 3.8) is 0 Å². The molecule has 3 rings (SSSR count). The fraction of sp³-hybridized carbons (Fsp3) is 0.632. The summed E-state index contributed by atoms with van der Waals surface area (Å²) < 4.78 is 27.5. The van der Waals surface area contributed by atoms with Crippen molar-refractivity contribution in [3.8, 4) is 0 Å². The van der Waals surface area contributed by atoms with E-state index in [1.54, 1.807) is 27.4 Å². The molecule has 0 bridgehead atoms. The van der Waals surface area contributed by atoms with Crippen LogP contribution in [0.3, 0.4) is 0 Å². The lowest BCUT2D eigenvalue weighted by molar-refractivity contribution is 0.0776. The molecule has 0 spiro atoms. The van der Waals surface area contributed by atoms with Gasteiger partial charge in [0.2, 0.25) is 10.0 Å². The molecule has 2 N–H and O–H groups in total. The largest absolute Gasteiger partial charge is 0.338 e. The van der Waals surface area contributed by atoms with Crippen LogP contribution >= 0.6 is 0 Å². The van der Waals surface area contributed by atoms with E-state index < -0.39 is 10.0 Å². The molecule has 1 aromatic rings. The maximum atomic E-state index is 13.0. The zero-order valence-electron chi connectivity index (χ0n) is 15.5. The van der Waals surface area contributed by atoms with Gasteiger partial charge in [0, 0.05) is 31.7 Å². The van der Waals surface area contributed by atoms with E-state index in [1.807, 2.05) is 0 Å². The summed E-state index contributed by atoms with van der Waals surface area (Å²) in [4.78, 5) is 14.8. The molecule has 1 atom stereocenters. The fourth-order valence-corrected chi connectivity index (χ4v) is 5.33. The van der Waals surface area contributed by atoms with Crippen LogP contribution in [-0.4, -0.2) is 56.3 Å². The number of carbonyl (C=O) groups is 1. The Hall–Kier alpha value is -1.44. The highest BCUT2D eigenvalue weighted by Crippen LogP contribution is 2.30. The average molecular weight is 380 g/mol. The molecule has 144 valence electrons. The molecule has 2 fully saturated rings. The highest BCUT2D eigenvalue weighted by atomic mass is 32.2. The van der Waals surface area contributed by atoms with Crippen molar-refractivity contribution < 1.29 is 13.2 Å². The van der Waals surface area contributed by atoms with Gasteiger partial charge in [-0.15, -0.1) is 0 Å². The molecule has 0 radical (unpaired) electrons. The minimum Gasteiger partial charge on any atom is -0.338 e. The smallest absolute Gasteiger partial charge is 0.253 e. The molecule has 1 aromatic carbocycles. The first-order valence-electron chi connectivity index (χ1n) is 9.45. The fourth-order valence-electron chi connectivity index (χ4n) is 3.77. The molecular formula is C19H29N3O3S. The first-order valence-corrected chi connectivity index (χ1v) is 10.9. The zero-order chi connectivity index (χ0) is 18.8. The quantitative estimate of drug-likeness (QED) is 0.868. The third-order valence-electron chi connectivity index (χ3n) is 5.62. The van der Waals surface area contributed by atoms with Gasteiger partial charge in [-0.05, 0) is 49.4 Å². The molecule has 26 heavy (non-hydrogen) atoms. The summed E-state index contributed by atoms with van der Waals surface area (Å²) >= 11 is 0. The van der Waals surface area contributed by atoms with Crippen molar-refractivity contribution in [2.45, 2.75) is 43.9 Å². The van der Waals surface area contributed by atoms with Crippen molar-refractivity contribution in [2.24, 2.45) is 11.1 Å². The lowest BCUT2D eigenvalue weighted by Gasteiger charge is -2.23. The monoisotopic (exact) mass is 379 g/mol. The van der Waals surface area contributed by atoms with Crippen LogP contribution in [0, 0.1) is 5.41 Å². The third kappa shape index (κ3) is 3.94. The van der Waals surface area contributed by atoms with E-state index in [1.165, 1.54) is 6.07 Å². The van der Waals surface area contributed by atoms with Gasteiger partial charge in [-0.25, -0.2) is 8.42 Å². The standard InChI is InChI=1S/C19H29N3O3S/c1-19(14-20)9-12-21(15-19)18(23)16-7-6-8-17(13-16)26(24,25)22-10-4-2-3-5-11-22/h6-8,13H,2-5,9-12,14-15,20H2,1H3. The van der Waals surface area contributed by atoms with Crippen molar-refractivity contribution in [1.29, 1.82) is 0 Å². The summed E-state index contributed by atoms with van der Waals surface area (Å²) in [5.74, 6) is -0.116. The number of rotatable bonds is 4. The van der Waals surface area contributed by atoms with Gasteiger partial charge in [0.25, 0.3) is 5.91 Å². The Morgan fingerprint density at radius 3 is 2.46 bits per heavy atom. The van der Waals surface area contributed by atoms with E-state index in [9.17, 15) is 13.2 Å². The predicted molar refractivity (Wildman–Crippen MR) is 101 cm³/mol. The van der Waals surface area contributed by atoms with Gasteiger partial charge in [-0.3, -0.25) is 4.79 Å². The third-order valence-corrected chi connectivity index (χ3v) is 7.52. The Labute approximate surface area is 156 Å². The number of nitrogens with two attached hydrogens (primary N) is 1. The number of hydrogen-bond donors (Lipinski definition) is 1. The lowest BCUT2D eigenvalue weighted by atomic mass is 9.90. The van der Waals surface area contributed by atoms with Crippen molar-refractivity contribution in [1.82, 2.24) is 9.21 Å². The van der Waals surface area contributed by atoms with Crippen LogP contribution in [0.15, 0.2) is 29.2 Å². The van der Waals surface area contributed by atoms with Gasteiger partial charge in [0.15, 0.2) is 0 Å². The molecule has 2 heterocycles. The van der Waals surface area contributed by atoms with E-state index in [2.05, 4.69) is 6.92 Å². The molecule has 0 aliphatic carbocycles. The number of carbonyl (C=O) groups excluding carboxylic acids is 1. The molecular weight excluding hydrogens is 350 g/mol. The van der Waals surface area contributed by atoms with Gasteiger partial charge < -0.3 is 10.6 Å².